The van der Waals surface area contributed by atoms with Crippen molar-refractivity contribution in [1.82, 2.24) is 30.5 Å². The van der Waals surface area contributed by atoms with Crippen LogP contribution in [0.2, 0.25) is 0 Å². The summed E-state index contributed by atoms with van der Waals surface area (Å²) >= 11 is -1.48. The number of nitrogens with two attached hydrogens (primary N) is 1. The van der Waals surface area contributed by atoms with Gasteiger partial charge < -0.3 is 30.9 Å². The van der Waals surface area contributed by atoms with Crippen molar-refractivity contribution < 1.29 is 33.6 Å². The number of carbonyl (C=O) groups excluding carboxylic acids is 5. The molecular formula is C36H45N7O7S. The van der Waals surface area contributed by atoms with Crippen LogP contribution in [0.15, 0.2) is 48.7 Å². The zero-order chi connectivity index (χ0) is 36.5. The summed E-state index contributed by atoms with van der Waals surface area (Å²) in [6.07, 6.45) is 6.73. The number of benzene rings is 2. The van der Waals surface area contributed by atoms with Gasteiger partial charge in [0, 0.05) is 24.9 Å². The molecular weight excluding hydrogens is 675 g/mol. The highest BCUT2D eigenvalue weighted by molar-refractivity contribution is 7.91. The highest BCUT2D eigenvalue weighted by Crippen LogP contribution is 2.34. The molecule has 1 aromatic heterocycles. The minimum atomic E-state index is -1.77. The fourth-order valence-electron chi connectivity index (χ4n) is 7.78. The van der Waals surface area contributed by atoms with Crippen molar-refractivity contribution in [3.05, 3.63) is 59.9 Å². The molecule has 0 bridgehead atoms. The van der Waals surface area contributed by atoms with Gasteiger partial charge in [0.15, 0.2) is 5.54 Å². The van der Waals surface area contributed by atoms with Gasteiger partial charge in [0.1, 0.15) is 29.2 Å². The van der Waals surface area contributed by atoms with E-state index in [1.807, 2.05) is 30.3 Å². The quantitative estimate of drug-likeness (QED) is 0.167. The average Bonchev–Trinajstić information content (AvgIpc) is 3.86. The number of carbonyl (C=O) groups is 5. The van der Waals surface area contributed by atoms with E-state index in [9.17, 15) is 33.6 Å². The number of amides is 4. The lowest BCUT2D eigenvalue weighted by Gasteiger charge is -2.33. The molecule has 3 unspecified atom stereocenters. The number of ketones is 1. The predicted octanol–water partition coefficient (Wildman–Crippen LogP) is 1.63. The molecule has 5 N–H and O–H groups in total. The Morgan fingerprint density at radius 3 is 2.49 bits per heavy atom. The van der Waals surface area contributed by atoms with E-state index in [4.69, 9.17) is 5.73 Å². The third-order valence-electron chi connectivity index (χ3n) is 10.5. The first-order valence-electron chi connectivity index (χ1n) is 17.5. The number of aliphatic hydroxyl groups is 1. The van der Waals surface area contributed by atoms with Gasteiger partial charge in [0.25, 0.3) is 11.8 Å². The van der Waals surface area contributed by atoms with Crippen molar-refractivity contribution in [2.75, 3.05) is 18.1 Å². The number of fused-ring (bicyclic) bond motifs is 1. The molecule has 3 aromatic rings. The Hall–Kier alpha value is -4.34. The van der Waals surface area contributed by atoms with Crippen LogP contribution in [0.1, 0.15) is 87.3 Å². The summed E-state index contributed by atoms with van der Waals surface area (Å²) in [6.45, 7) is 3.14. The summed E-state index contributed by atoms with van der Waals surface area (Å²) in [5.74, 6) is -3.94. The van der Waals surface area contributed by atoms with Crippen LogP contribution >= 0.6 is 0 Å². The number of primary amides is 1. The number of nitrogens with one attached hydrogen (secondary N) is 2. The Kier molecular flexibility index (Phi) is 10.5. The third-order valence-corrected chi connectivity index (χ3v) is 12.0. The summed E-state index contributed by atoms with van der Waals surface area (Å²) < 4.78 is 14.0. The van der Waals surface area contributed by atoms with Crippen LogP contribution in [0.25, 0.3) is 10.8 Å². The Morgan fingerprint density at radius 1 is 1.10 bits per heavy atom. The van der Waals surface area contributed by atoms with Crippen molar-refractivity contribution in [3.63, 3.8) is 0 Å². The second kappa shape index (κ2) is 14.7. The van der Waals surface area contributed by atoms with Gasteiger partial charge in [0.05, 0.1) is 17.9 Å². The fraction of sp³-hybridized carbons (Fsp3) is 0.528. The van der Waals surface area contributed by atoms with E-state index in [-0.39, 0.29) is 36.8 Å². The van der Waals surface area contributed by atoms with Crippen molar-refractivity contribution in [3.8, 4) is 0 Å². The third kappa shape index (κ3) is 7.80. The molecule has 3 heterocycles. The molecule has 2 saturated heterocycles. The van der Waals surface area contributed by atoms with Crippen LogP contribution in [-0.2, 0) is 36.0 Å². The molecule has 2 aromatic carbocycles. The minimum absolute atomic E-state index is 0.0148. The molecule has 272 valence electrons. The molecule has 2 aliphatic heterocycles. The summed E-state index contributed by atoms with van der Waals surface area (Å²) in [7, 11) is 0. The van der Waals surface area contributed by atoms with Crippen molar-refractivity contribution in [1.29, 1.82) is 0 Å². The van der Waals surface area contributed by atoms with Gasteiger partial charge in [-0.3, -0.25) is 24.0 Å². The highest BCUT2D eigenvalue weighted by atomic mass is 32.2. The number of nitrogens with zero attached hydrogens (tertiary/aromatic N) is 4. The van der Waals surface area contributed by atoms with Gasteiger partial charge in [0.2, 0.25) is 17.6 Å². The van der Waals surface area contributed by atoms with E-state index in [2.05, 4.69) is 20.9 Å². The first-order chi connectivity index (χ1) is 24.3. The predicted molar refractivity (Wildman–Crippen MR) is 188 cm³/mol. The molecule has 4 amide bonds. The topological polar surface area (TPSA) is 213 Å². The minimum Gasteiger partial charge on any atom is -0.616 e. The molecule has 5 atom stereocenters. The maximum absolute atomic E-state index is 14.8. The number of Topliss-reactive ketones (excluding diaryl/α,β-unsaturated/α-hetero) is 1. The van der Waals surface area contributed by atoms with Crippen LogP contribution in [-0.4, -0.2) is 94.6 Å². The van der Waals surface area contributed by atoms with E-state index < -0.39 is 69.9 Å². The highest BCUT2D eigenvalue weighted by Gasteiger charge is 2.54. The first-order valence-corrected chi connectivity index (χ1v) is 19.0. The Labute approximate surface area is 299 Å². The normalized spacial score (nSPS) is 24.7. The molecule has 51 heavy (non-hydrogen) atoms. The molecule has 1 aliphatic carbocycles. The summed E-state index contributed by atoms with van der Waals surface area (Å²) in [6, 6.07) is 10.2. The molecule has 3 aliphatic rings. The first kappa shape index (κ1) is 36.5. The summed E-state index contributed by atoms with van der Waals surface area (Å²) in [5, 5.41) is 26.6. The van der Waals surface area contributed by atoms with Gasteiger partial charge in [-0.05, 0) is 49.1 Å². The fourth-order valence-corrected chi connectivity index (χ4v) is 9.40. The largest absolute Gasteiger partial charge is 0.616 e. The number of rotatable bonds is 11. The standard InChI is InChI=1S/C36H45N7O7S/c1-35(2,49)29-19-38-41-43(29)26-18-28(33(47)40-36(30(44)31(37)45)14-15-51(50)21-36)42(20-26)34(48)27(16-22-8-4-3-5-9-22)39-32(46)25-13-12-23-10-6-7-11-24(23)17-25/h6-7,10-13,17,19,22,26-28,49H,3-5,8-9,14-16,18,20-21H2,1-2H3,(H2,37,45)(H,39,46)(H,40,47)/t26-,27?,28+,36?,51?/m1/s1. The van der Waals surface area contributed by atoms with Gasteiger partial charge in [-0.1, -0.05) is 78.8 Å². The maximum Gasteiger partial charge on any atom is 0.287 e. The zero-order valence-corrected chi connectivity index (χ0v) is 29.7. The van der Waals surface area contributed by atoms with Gasteiger partial charge in [-0.25, -0.2) is 4.68 Å². The summed E-state index contributed by atoms with van der Waals surface area (Å²) in [4.78, 5) is 69.3. The SMILES string of the molecule is CC(C)(O)c1cnnn1[C@@H]1C[C@@H](C(=O)NC2(C(=O)C(N)=O)CC[S+]([O-])C2)N(C(=O)C(CC2CCCCC2)NC(=O)c2ccc3ccccc3c2)C1. The van der Waals surface area contributed by atoms with E-state index in [0.717, 1.165) is 42.9 Å². The molecule has 3 fully saturated rings. The maximum atomic E-state index is 14.8. The molecule has 14 nitrogen and oxygen atoms in total. The van der Waals surface area contributed by atoms with E-state index in [1.54, 1.807) is 26.0 Å². The Balaban J connectivity index is 1.33. The number of hydrogen-bond acceptors (Lipinski definition) is 9. The number of likely N-dealkylation sites (tertiary alicyclic amines) is 1. The lowest BCUT2D eigenvalue weighted by atomic mass is 9.84. The second-order valence-corrected chi connectivity index (χ2v) is 16.2. The molecule has 0 radical (unpaired) electrons. The second-order valence-electron chi connectivity index (χ2n) is 14.6. The number of aromatic nitrogens is 3. The monoisotopic (exact) mass is 719 g/mol. The lowest BCUT2D eigenvalue weighted by molar-refractivity contribution is -0.144. The van der Waals surface area contributed by atoms with Gasteiger partial charge in [-0.2, -0.15) is 0 Å². The van der Waals surface area contributed by atoms with Gasteiger partial charge in [-0.15, -0.1) is 5.10 Å². The average molecular weight is 720 g/mol. The number of hydrogen-bond donors (Lipinski definition) is 4. The van der Waals surface area contributed by atoms with Crippen LogP contribution in [0, 0.1) is 5.92 Å². The summed E-state index contributed by atoms with van der Waals surface area (Å²) in [5.41, 5.74) is 3.01. The van der Waals surface area contributed by atoms with Crippen LogP contribution in [0.4, 0.5) is 0 Å². The van der Waals surface area contributed by atoms with Crippen molar-refractivity contribution in [2.24, 2.45) is 11.7 Å². The Bertz CT molecular complexity index is 1820. The molecule has 0 spiro atoms. The lowest BCUT2D eigenvalue weighted by Crippen LogP contribution is -2.63. The van der Waals surface area contributed by atoms with Crippen LogP contribution in [0.3, 0.4) is 0 Å². The molecule has 15 heteroatoms. The van der Waals surface area contributed by atoms with Gasteiger partial charge >= 0.3 is 0 Å². The van der Waals surface area contributed by atoms with E-state index in [0.29, 0.717) is 17.7 Å². The molecule has 1 saturated carbocycles. The Morgan fingerprint density at radius 2 is 1.82 bits per heavy atom. The molecule has 6 rings (SSSR count). The van der Waals surface area contributed by atoms with E-state index >= 15 is 0 Å². The zero-order valence-electron chi connectivity index (χ0n) is 28.9. The van der Waals surface area contributed by atoms with E-state index in [1.165, 1.54) is 15.8 Å². The van der Waals surface area contributed by atoms with Crippen LogP contribution in [0.5, 0.6) is 0 Å². The van der Waals surface area contributed by atoms with Crippen molar-refractivity contribution >= 4 is 51.4 Å². The van der Waals surface area contributed by atoms with Crippen molar-refractivity contribution in [2.45, 2.75) is 94.5 Å². The van der Waals surface area contributed by atoms with Crippen LogP contribution < -0.4 is 16.4 Å². The smallest absolute Gasteiger partial charge is 0.287 e.